The predicted octanol–water partition coefficient (Wildman–Crippen LogP) is 2.54. The molecule has 0 aromatic heterocycles. The first-order chi connectivity index (χ1) is 6.20. The Labute approximate surface area is 78.1 Å². The van der Waals surface area contributed by atoms with Crippen LogP contribution in [0.1, 0.15) is 39.0 Å². The molecule has 74 valence electrons. The minimum Gasteiger partial charge on any atom is -0.450 e. The van der Waals surface area contributed by atoms with Gasteiger partial charge in [0.1, 0.15) is 6.10 Å². The molecule has 1 unspecified atom stereocenters. The zero-order valence-electron chi connectivity index (χ0n) is 7.82. The molecule has 0 radical (unpaired) electrons. The Kier molecular flexibility index (Phi) is 6.70. The molecule has 4 nitrogen and oxygen atoms in total. The summed E-state index contributed by atoms with van der Waals surface area (Å²) in [5.74, 6) is 0. The molecule has 0 amide bonds. The van der Waals surface area contributed by atoms with Crippen LogP contribution in [0.4, 0.5) is 4.79 Å². The number of nitrogens with zero attached hydrogens (tertiary/aromatic N) is 1. The number of nitriles is 1. The summed E-state index contributed by atoms with van der Waals surface area (Å²) in [6, 6.07) is 2.04. The molecule has 1 atom stereocenters. The van der Waals surface area contributed by atoms with Crippen molar-refractivity contribution >= 4 is 6.16 Å². The number of rotatable bonds is 6. The lowest BCUT2D eigenvalue weighted by Gasteiger charge is -2.12. The van der Waals surface area contributed by atoms with Gasteiger partial charge in [0.25, 0.3) is 0 Å². The van der Waals surface area contributed by atoms with E-state index in [2.05, 4.69) is 4.74 Å². The molecule has 0 aliphatic rings. The van der Waals surface area contributed by atoms with Crippen LogP contribution < -0.4 is 0 Å². The minimum absolute atomic E-state index is 0.212. The van der Waals surface area contributed by atoms with Crippen LogP contribution in [-0.2, 0) is 4.74 Å². The lowest BCUT2D eigenvalue weighted by atomic mass is 10.1. The van der Waals surface area contributed by atoms with Gasteiger partial charge in [-0.25, -0.2) is 4.79 Å². The van der Waals surface area contributed by atoms with Crippen LogP contribution >= 0.6 is 0 Å². The van der Waals surface area contributed by atoms with Gasteiger partial charge < -0.3 is 9.84 Å². The van der Waals surface area contributed by atoms with Crippen LogP contribution in [0.15, 0.2) is 0 Å². The summed E-state index contributed by atoms with van der Waals surface area (Å²) in [5, 5.41) is 16.6. The van der Waals surface area contributed by atoms with Gasteiger partial charge in [-0.1, -0.05) is 6.92 Å². The summed E-state index contributed by atoms with van der Waals surface area (Å²) in [7, 11) is 0. The molecule has 0 heterocycles. The summed E-state index contributed by atoms with van der Waals surface area (Å²) in [5.41, 5.74) is 0. The van der Waals surface area contributed by atoms with E-state index in [9.17, 15) is 4.79 Å². The Morgan fingerprint density at radius 3 is 2.77 bits per heavy atom. The van der Waals surface area contributed by atoms with E-state index in [4.69, 9.17) is 10.4 Å². The number of hydrogen-bond acceptors (Lipinski definition) is 3. The summed E-state index contributed by atoms with van der Waals surface area (Å²) in [6.07, 6.45) is 2.17. The minimum atomic E-state index is -1.22. The van der Waals surface area contributed by atoms with Crippen LogP contribution in [0.5, 0.6) is 0 Å². The second-order valence-corrected chi connectivity index (χ2v) is 2.82. The van der Waals surface area contributed by atoms with Crippen molar-refractivity contribution in [2.24, 2.45) is 0 Å². The first-order valence-corrected chi connectivity index (χ1v) is 4.47. The molecule has 1 N–H and O–H groups in total. The fourth-order valence-electron chi connectivity index (χ4n) is 1.07. The van der Waals surface area contributed by atoms with Crippen LogP contribution in [0.3, 0.4) is 0 Å². The molecule has 0 aliphatic carbocycles. The molecule has 4 heteroatoms. The van der Waals surface area contributed by atoms with Gasteiger partial charge in [-0.2, -0.15) is 5.26 Å². The number of carboxylic acid groups (broad SMARTS) is 1. The third-order valence-corrected chi connectivity index (χ3v) is 1.79. The van der Waals surface area contributed by atoms with E-state index in [1.807, 2.05) is 13.0 Å². The van der Waals surface area contributed by atoms with Crippen LogP contribution in [-0.4, -0.2) is 17.4 Å². The molecule has 0 saturated carbocycles. The van der Waals surface area contributed by atoms with Crippen molar-refractivity contribution < 1.29 is 14.6 Å². The molecular formula is C9H15NO3. The molecule has 0 fully saturated rings. The second-order valence-electron chi connectivity index (χ2n) is 2.82. The highest BCUT2D eigenvalue weighted by molar-refractivity contribution is 5.57. The van der Waals surface area contributed by atoms with E-state index in [0.29, 0.717) is 19.3 Å². The molecule has 0 aliphatic heterocycles. The van der Waals surface area contributed by atoms with E-state index in [0.717, 1.165) is 12.8 Å². The quantitative estimate of drug-likeness (QED) is 0.510. The average molecular weight is 185 g/mol. The monoisotopic (exact) mass is 185 g/mol. The van der Waals surface area contributed by atoms with Gasteiger partial charge in [-0.3, -0.25) is 0 Å². The summed E-state index contributed by atoms with van der Waals surface area (Å²) < 4.78 is 4.61. The maximum atomic E-state index is 10.2. The Hall–Kier alpha value is -1.24. The van der Waals surface area contributed by atoms with Crippen molar-refractivity contribution in [3.63, 3.8) is 0 Å². The topological polar surface area (TPSA) is 70.3 Å². The van der Waals surface area contributed by atoms with Gasteiger partial charge in [0.05, 0.1) is 6.07 Å². The molecule has 0 spiro atoms. The molecule has 0 aromatic carbocycles. The van der Waals surface area contributed by atoms with Crippen molar-refractivity contribution in [1.82, 2.24) is 0 Å². The van der Waals surface area contributed by atoms with E-state index in [1.54, 1.807) is 0 Å². The first kappa shape index (κ1) is 11.8. The predicted molar refractivity (Wildman–Crippen MR) is 47.3 cm³/mol. The standard InChI is InChI=1S/C9H15NO3/c1-2-8(13-9(11)12)6-4-3-5-7-10/h8H,2-6H2,1H3,(H,11,12). The van der Waals surface area contributed by atoms with E-state index in [-0.39, 0.29) is 6.10 Å². The maximum absolute atomic E-state index is 10.2. The molecular weight excluding hydrogens is 170 g/mol. The van der Waals surface area contributed by atoms with Crippen molar-refractivity contribution in [3.8, 4) is 6.07 Å². The van der Waals surface area contributed by atoms with Crippen molar-refractivity contribution in [2.45, 2.75) is 45.1 Å². The second kappa shape index (κ2) is 7.41. The zero-order valence-corrected chi connectivity index (χ0v) is 7.82. The van der Waals surface area contributed by atoms with Crippen LogP contribution in [0, 0.1) is 11.3 Å². The normalized spacial score (nSPS) is 11.7. The van der Waals surface area contributed by atoms with Gasteiger partial charge >= 0.3 is 6.16 Å². The molecule has 0 saturated heterocycles. The maximum Gasteiger partial charge on any atom is 0.506 e. The van der Waals surface area contributed by atoms with Crippen molar-refractivity contribution in [2.75, 3.05) is 0 Å². The van der Waals surface area contributed by atoms with Gasteiger partial charge in [-0.15, -0.1) is 0 Å². The Morgan fingerprint density at radius 1 is 1.62 bits per heavy atom. The van der Waals surface area contributed by atoms with Crippen molar-refractivity contribution in [1.29, 1.82) is 5.26 Å². The van der Waals surface area contributed by atoms with Gasteiger partial charge in [0, 0.05) is 6.42 Å². The van der Waals surface area contributed by atoms with Crippen LogP contribution in [0.2, 0.25) is 0 Å². The highest BCUT2D eigenvalue weighted by atomic mass is 16.7. The number of hydrogen-bond donors (Lipinski definition) is 1. The van der Waals surface area contributed by atoms with E-state index in [1.165, 1.54) is 0 Å². The van der Waals surface area contributed by atoms with Gasteiger partial charge in [0.15, 0.2) is 0 Å². The summed E-state index contributed by atoms with van der Waals surface area (Å²) in [6.45, 7) is 1.89. The van der Waals surface area contributed by atoms with Gasteiger partial charge in [0.2, 0.25) is 0 Å². The number of carbonyl (C=O) groups is 1. The lowest BCUT2D eigenvalue weighted by molar-refractivity contribution is 0.0456. The smallest absolute Gasteiger partial charge is 0.450 e. The summed E-state index contributed by atoms with van der Waals surface area (Å²) >= 11 is 0. The van der Waals surface area contributed by atoms with Gasteiger partial charge in [-0.05, 0) is 25.7 Å². The van der Waals surface area contributed by atoms with Crippen LogP contribution in [0.25, 0.3) is 0 Å². The highest BCUT2D eigenvalue weighted by Gasteiger charge is 2.10. The van der Waals surface area contributed by atoms with Crippen molar-refractivity contribution in [3.05, 3.63) is 0 Å². The Morgan fingerprint density at radius 2 is 2.31 bits per heavy atom. The number of unbranched alkanes of at least 4 members (excludes halogenated alkanes) is 2. The fraction of sp³-hybridized carbons (Fsp3) is 0.778. The molecule has 13 heavy (non-hydrogen) atoms. The zero-order chi connectivity index (χ0) is 10.1. The third kappa shape index (κ3) is 7.13. The lowest BCUT2D eigenvalue weighted by Crippen LogP contribution is -2.15. The SMILES string of the molecule is CCC(CCCCC#N)OC(=O)O. The molecule has 0 rings (SSSR count). The number of ether oxygens (including phenoxy) is 1. The Balaban J connectivity index is 3.49. The van der Waals surface area contributed by atoms with E-state index >= 15 is 0 Å². The third-order valence-electron chi connectivity index (χ3n) is 1.79. The van der Waals surface area contributed by atoms with E-state index < -0.39 is 6.16 Å². The first-order valence-electron chi connectivity index (χ1n) is 4.47. The fourth-order valence-corrected chi connectivity index (χ4v) is 1.07. The largest absolute Gasteiger partial charge is 0.506 e. The average Bonchev–Trinajstić information content (AvgIpc) is 2.09. The molecule has 0 aromatic rings. The highest BCUT2D eigenvalue weighted by Crippen LogP contribution is 2.09. The Bertz CT molecular complexity index is 186. The summed E-state index contributed by atoms with van der Waals surface area (Å²) in [4.78, 5) is 10.2. The molecule has 0 bridgehead atoms.